The molecule has 0 saturated carbocycles. The molecule has 86 valence electrons. The van der Waals surface area contributed by atoms with Gasteiger partial charge < -0.3 is 10.2 Å². The van der Waals surface area contributed by atoms with Crippen LogP contribution in [0, 0.1) is 13.8 Å². The number of aromatic carboxylic acids is 2. The number of hydrogen-bond donors (Lipinski definition) is 2. The Hall–Kier alpha value is -1.84. The van der Waals surface area contributed by atoms with Crippen LogP contribution in [0.5, 0.6) is 0 Å². The lowest BCUT2D eigenvalue weighted by atomic mass is 9.91. The predicted octanol–water partition coefficient (Wildman–Crippen LogP) is 2.26. The van der Waals surface area contributed by atoms with Gasteiger partial charge in [-0.2, -0.15) is 0 Å². The summed E-state index contributed by atoms with van der Waals surface area (Å²) >= 11 is 0. The first kappa shape index (κ1) is 12.2. The first-order valence-corrected chi connectivity index (χ1v) is 4.99. The Balaban J connectivity index is 3.62. The van der Waals surface area contributed by atoms with Crippen molar-refractivity contribution in [2.45, 2.75) is 27.2 Å². The van der Waals surface area contributed by atoms with Gasteiger partial charge in [0.05, 0.1) is 11.1 Å². The third-order valence-corrected chi connectivity index (χ3v) is 2.85. The Kier molecular flexibility index (Phi) is 3.32. The Morgan fingerprint density at radius 2 is 1.56 bits per heavy atom. The molecule has 0 aliphatic heterocycles. The van der Waals surface area contributed by atoms with Crippen LogP contribution >= 0.6 is 0 Å². The average molecular weight is 222 g/mol. The molecule has 4 heteroatoms. The van der Waals surface area contributed by atoms with E-state index in [-0.39, 0.29) is 11.1 Å². The fourth-order valence-electron chi connectivity index (χ4n) is 1.84. The van der Waals surface area contributed by atoms with Crippen molar-refractivity contribution in [2.75, 3.05) is 0 Å². The summed E-state index contributed by atoms with van der Waals surface area (Å²) in [4.78, 5) is 22.0. The summed E-state index contributed by atoms with van der Waals surface area (Å²) in [5.41, 5.74) is 2.24. The van der Waals surface area contributed by atoms with Crippen molar-refractivity contribution in [1.82, 2.24) is 0 Å². The van der Waals surface area contributed by atoms with Crippen molar-refractivity contribution < 1.29 is 19.8 Å². The van der Waals surface area contributed by atoms with Crippen LogP contribution in [0.2, 0.25) is 0 Å². The Labute approximate surface area is 93.5 Å². The van der Waals surface area contributed by atoms with Gasteiger partial charge in [0.1, 0.15) is 0 Å². The molecule has 4 nitrogen and oxygen atoms in total. The Morgan fingerprint density at radius 1 is 1.06 bits per heavy atom. The second-order valence-corrected chi connectivity index (χ2v) is 3.66. The highest BCUT2D eigenvalue weighted by Gasteiger charge is 2.18. The largest absolute Gasteiger partial charge is 0.478 e. The van der Waals surface area contributed by atoms with Crippen molar-refractivity contribution >= 4 is 11.9 Å². The van der Waals surface area contributed by atoms with E-state index in [1.54, 1.807) is 13.8 Å². The molecule has 2 N–H and O–H groups in total. The van der Waals surface area contributed by atoms with E-state index in [9.17, 15) is 9.59 Å². The fraction of sp³-hybridized carbons (Fsp3) is 0.333. The third kappa shape index (κ3) is 1.91. The van der Waals surface area contributed by atoms with Crippen molar-refractivity contribution in [3.63, 3.8) is 0 Å². The number of carboxylic acid groups (broad SMARTS) is 2. The van der Waals surface area contributed by atoms with Gasteiger partial charge >= 0.3 is 11.9 Å². The normalized spacial score (nSPS) is 10.2. The van der Waals surface area contributed by atoms with E-state index < -0.39 is 11.9 Å². The first-order valence-electron chi connectivity index (χ1n) is 4.99. The van der Waals surface area contributed by atoms with Crippen LogP contribution in [0.15, 0.2) is 6.07 Å². The molecule has 0 heterocycles. The monoisotopic (exact) mass is 222 g/mol. The maximum Gasteiger partial charge on any atom is 0.335 e. The number of rotatable bonds is 3. The number of carbonyl (C=O) groups is 2. The minimum absolute atomic E-state index is 0.0621. The van der Waals surface area contributed by atoms with Gasteiger partial charge in [0.25, 0.3) is 0 Å². The molecule has 0 atom stereocenters. The molecule has 0 aromatic heterocycles. The molecule has 0 aliphatic carbocycles. The van der Waals surface area contributed by atoms with Gasteiger partial charge in [0.15, 0.2) is 0 Å². The second kappa shape index (κ2) is 4.35. The zero-order valence-electron chi connectivity index (χ0n) is 9.50. The third-order valence-electron chi connectivity index (χ3n) is 2.85. The molecule has 0 aliphatic rings. The highest BCUT2D eigenvalue weighted by Crippen LogP contribution is 2.23. The minimum Gasteiger partial charge on any atom is -0.478 e. The summed E-state index contributed by atoms with van der Waals surface area (Å²) in [5, 5.41) is 18.0. The van der Waals surface area contributed by atoms with Crippen LogP contribution in [0.3, 0.4) is 0 Å². The van der Waals surface area contributed by atoms with Gasteiger partial charge in [-0.3, -0.25) is 0 Å². The molecular weight excluding hydrogens is 208 g/mol. The highest BCUT2D eigenvalue weighted by atomic mass is 16.4. The molecule has 1 aromatic rings. The fourth-order valence-corrected chi connectivity index (χ4v) is 1.84. The van der Waals surface area contributed by atoms with Crippen LogP contribution in [0.25, 0.3) is 0 Å². The molecule has 0 saturated heterocycles. The number of benzene rings is 1. The lowest BCUT2D eigenvalue weighted by molar-refractivity contribution is 0.0695. The van der Waals surface area contributed by atoms with Gasteiger partial charge in [-0.15, -0.1) is 0 Å². The van der Waals surface area contributed by atoms with Crippen LogP contribution in [-0.2, 0) is 6.42 Å². The Bertz CT molecular complexity index is 461. The van der Waals surface area contributed by atoms with Crippen LogP contribution in [0.1, 0.15) is 44.3 Å². The van der Waals surface area contributed by atoms with E-state index >= 15 is 0 Å². The van der Waals surface area contributed by atoms with Crippen molar-refractivity contribution in [2.24, 2.45) is 0 Å². The molecule has 0 amide bonds. The van der Waals surface area contributed by atoms with Crippen LogP contribution in [-0.4, -0.2) is 22.2 Å². The van der Waals surface area contributed by atoms with Crippen molar-refractivity contribution in [3.05, 3.63) is 33.9 Å². The zero-order chi connectivity index (χ0) is 12.5. The molecule has 0 spiro atoms. The highest BCUT2D eigenvalue weighted by molar-refractivity contribution is 5.96. The topological polar surface area (TPSA) is 74.6 Å². The van der Waals surface area contributed by atoms with E-state index in [0.717, 1.165) is 5.56 Å². The van der Waals surface area contributed by atoms with E-state index in [4.69, 9.17) is 10.2 Å². The minimum atomic E-state index is -1.09. The molecule has 16 heavy (non-hydrogen) atoms. The van der Waals surface area contributed by atoms with E-state index in [2.05, 4.69) is 0 Å². The molecule has 1 aromatic carbocycles. The van der Waals surface area contributed by atoms with Gasteiger partial charge in [-0.05, 0) is 43.0 Å². The van der Waals surface area contributed by atoms with Crippen LogP contribution < -0.4 is 0 Å². The predicted molar refractivity (Wildman–Crippen MR) is 59.2 cm³/mol. The second-order valence-electron chi connectivity index (χ2n) is 3.66. The summed E-state index contributed by atoms with van der Waals surface area (Å²) < 4.78 is 0. The van der Waals surface area contributed by atoms with Crippen molar-refractivity contribution in [1.29, 1.82) is 0 Å². The summed E-state index contributed by atoms with van der Waals surface area (Å²) in [6, 6.07) is 1.24. The molecule has 0 unspecified atom stereocenters. The molecular formula is C12H14O4. The van der Waals surface area contributed by atoms with E-state index in [0.29, 0.717) is 17.5 Å². The first-order chi connectivity index (χ1) is 7.40. The lowest BCUT2D eigenvalue weighted by Gasteiger charge is -2.13. The summed E-state index contributed by atoms with van der Waals surface area (Å²) in [5.74, 6) is -2.17. The summed E-state index contributed by atoms with van der Waals surface area (Å²) in [7, 11) is 0. The summed E-state index contributed by atoms with van der Waals surface area (Å²) in [6.07, 6.45) is 0.578. The molecule has 1 rings (SSSR count). The van der Waals surface area contributed by atoms with Crippen LogP contribution in [0.4, 0.5) is 0 Å². The quantitative estimate of drug-likeness (QED) is 0.822. The zero-order valence-corrected chi connectivity index (χ0v) is 9.50. The number of carboxylic acids is 2. The van der Waals surface area contributed by atoms with Gasteiger partial charge in [-0.25, -0.2) is 9.59 Å². The van der Waals surface area contributed by atoms with Gasteiger partial charge in [-0.1, -0.05) is 6.92 Å². The molecule has 0 radical (unpaired) electrons. The van der Waals surface area contributed by atoms with Crippen molar-refractivity contribution in [3.8, 4) is 0 Å². The molecule has 0 bridgehead atoms. The maximum absolute atomic E-state index is 11.0. The van der Waals surface area contributed by atoms with Gasteiger partial charge in [0.2, 0.25) is 0 Å². The SMILES string of the molecule is CCc1c(C(=O)O)cc(C(=O)O)c(C)c1C. The number of hydrogen-bond acceptors (Lipinski definition) is 2. The van der Waals surface area contributed by atoms with Gasteiger partial charge in [0, 0.05) is 0 Å². The molecule has 0 fully saturated rings. The standard InChI is InChI=1S/C12H14O4/c1-4-8-6(2)7(3)9(11(13)14)5-10(8)12(15)16/h5H,4H2,1-3H3,(H,13,14)(H,15,16). The maximum atomic E-state index is 11.0. The average Bonchev–Trinajstić information content (AvgIpc) is 2.20. The Morgan fingerprint density at radius 3 is 1.94 bits per heavy atom. The van der Waals surface area contributed by atoms with E-state index in [1.165, 1.54) is 6.07 Å². The summed E-state index contributed by atoms with van der Waals surface area (Å²) in [6.45, 7) is 5.31. The smallest absolute Gasteiger partial charge is 0.335 e. The van der Waals surface area contributed by atoms with E-state index in [1.807, 2.05) is 6.92 Å². The lowest BCUT2D eigenvalue weighted by Crippen LogP contribution is -2.10.